The molecule has 23 heavy (non-hydrogen) atoms. The van der Waals surface area contributed by atoms with Crippen molar-refractivity contribution in [3.05, 3.63) is 34.8 Å². The van der Waals surface area contributed by atoms with Gasteiger partial charge in [0, 0.05) is 12.0 Å². The summed E-state index contributed by atoms with van der Waals surface area (Å²) in [5, 5.41) is 2.39. The highest BCUT2D eigenvalue weighted by Gasteiger charge is 2.28. The van der Waals surface area contributed by atoms with Gasteiger partial charge in [0.25, 0.3) is 0 Å². The monoisotopic (exact) mass is 384 g/mol. The molecule has 0 heterocycles. The Morgan fingerprint density at radius 2 is 1.87 bits per heavy atom. The van der Waals surface area contributed by atoms with E-state index in [2.05, 4.69) is 68.5 Å². The number of benzene rings is 1. The lowest BCUT2D eigenvalue weighted by molar-refractivity contribution is -0.737. The second-order valence-corrected chi connectivity index (χ2v) is 8.70. The van der Waals surface area contributed by atoms with E-state index in [0.29, 0.717) is 12.0 Å². The molecule has 0 atom stereocenters. The van der Waals surface area contributed by atoms with Gasteiger partial charge in [0.15, 0.2) is 11.5 Å². The zero-order valence-corrected chi connectivity index (χ0v) is 16.9. The van der Waals surface area contributed by atoms with E-state index < -0.39 is 0 Å². The molecule has 0 aliphatic rings. The van der Waals surface area contributed by atoms with Gasteiger partial charge in [-0.3, -0.25) is 0 Å². The number of hydrogen-bond donors (Lipinski definition) is 1. The molecule has 0 aliphatic heterocycles. The quantitative estimate of drug-likeness (QED) is 0.677. The Hall–Kier alpha value is -1.00. The highest BCUT2D eigenvalue weighted by Crippen LogP contribution is 2.36. The Labute approximate surface area is 149 Å². The molecule has 0 spiro atoms. The topological polar surface area (TPSA) is 35.1 Å². The number of rotatable bonds is 8. The van der Waals surface area contributed by atoms with Crippen LogP contribution < -0.4 is 14.8 Å². The third kappa shape index (κ3) is 6.96. The average Bonchev–Trinajstić information content (AvgIpc) is 2.41. The molecule has 1 aromatic rings. The average molecular weight is 385 g/mol. The van der Waals surface area contributed by atoms with Crippen molar-refractivity contribution in [3.63, 3.8) is 0 Å². The van der Waals surface area contributed by atoms with Crippen molar-refractivity contribution in [2.45, 2.75) is 53.1 Å². The van der Waals surface area contributed by atoms with Gasteiger partial charge in [-0.05, 0) is 47.3 Å². The highest BCUT2D eigenvalue weighted by molar-refractivity contribution is 9.10. The van der Waals surface area contributed by atoms with E-state index >= 15 is 0 Å². The van der Waals surface area contributed by atoms with E-state index in [1.54, 1.807) is 13.2 Å². The van der Waals surface area contributed by atoms with Crippen LogP contribution in [0.15, 0.2) is 29.3 Å². The summed E-state index contributed by atoms with van der Waals surface area (Å²) in [6, 6.07) is 4.15. The molecule has 1 aromatic carbocycles. The van der Waals surface area contributed by atoms with E-state index in [-0.39, 0.29) is 5.54 Å². The fourth-order valence-corrected chi connectivity index (χ4v) is 3.61. The molecule has 0 radical (unpaired) electrons. The van der Waals surface area contributed by atoms with E-state index in [1.807, 2.05) is 6.07 Å². The summed E-state index contributed by atoms with van der Waals surface area (Å²) < 4.78 is 12.1. The second-order valence-electron chi connectivity index (χ2n) is 7.84. The number of nitrogens with two attached hydrogens (primary N) is 1. The molecule has 1 rings (SSSR count). The minimum atomic E-state index is 0.190. The van der Waals surface area contributed by atoms with Crippen LogP contribution in [-0.2, 0) is 6.54 Å². The molecule has 0 bridgehead atoms. The zero-order valence-electron chi connectivity index (χ0n) is 15.3. The first-order valence-electron chi connectivity index (χ1n) is 8.02. The number of methoxy groups -OCH3 is 1. The van der Waals surface area contributed by atoms with Crippen LogP contribution in [0.1, 0.15) is 46.6 Å². The first-order valence-corrected chi connectivity index (χ1v) is 8.82. The Balaban J connectivity index is 2.85. The van der Waals surface area contributed by atoms with Crippen LogP contribution in [0.3, 0.4) is 0 Å². The van der Waals surface area contributed by atoms with Gasteiger partial charge in [-0.15, -0.1) is 0 Å². The SMILES string of the molecule is C=CCOc1c(Br)cc(C[NH2+]C(C)(C)CC(C)(C)C)cc1OC. The predicted molar refractivity (Wildman–Crippen MR) is 100 cm³/mol. The second kappa shape index (κ2) is 8.20. The maximum atomic E-state index is 5.67. The summed E-state index contributed by atoms with van der Waals surface area (Å²) in [6.45, 7) is 16.5. The Morgan fingerprint density at radius 1 is 1.22 bits per heavy atom. The smallest absolute Gasteiger partial charge is 0.175 e. The van der Waals surface area contributed by atoms with Crippen LogP contribution in [-0.4, -0.2) is 19.3 Å². The molecule has 0 amide bonds. The highest BCUT2D eigenvalue weighted by atomic mass is 79.9. The molecule has 0 unspecified atom stereocenters. The van der Waals surface area contributed by atoms with Crippen LogP contribution in [0, 0.1) is 5.41 Å². The lowest BCUT2D eigenvalue weighted by atomic mass is 9.82. The summed E-state index contributed by atoms with van der Waals surface area (Å²) in [5.41, 5.74) is 1.72. The van der Waals surface area contributed by atoms with Gasteiger partial charge in [-0.1, -0.05) is 33.4 Å². The van der Waals surface area contributed by atoms with Gasteiger partial charge < -0.3 is 14.8 Å². The van der Waals surface area contributed by atoms with E-state index in [1.165, 1.54) is 5.56 Å². The van der Waals surface area contributed by atoms with Gasteiger partial charge in [0.1, 0.15) is 13.2 Å². The lowest BCUT2D eigenvalue weighted by Gasteiger charge is -2.30. The Morgan fingerprint density at radius 3 is 2.39 bits per heavy atom. The molecule has 3 nitrogen and oxygen atoms in total. The summed E-state index contributed by atoms with van der Waals surface area (Å²) in [4.78, 5) is 0. The third-order valence-corrected chi connectivity index (χ3v) is 4.10. The third-order valence-electron chi connectivity index (χ3n) is 3.51. The van der Waals surface area contributed by atoms with E-state index in [0.717, 1.165) is 28.9 Å². The molecular weight excluding hydrogens is 354 g/mol. The van der Waals surface area contributed by atoms with Crippen molar-refractivity contribution in [3.8, 4) is 11.5 Å². The van der Waals surface area contributed by atoms with Gasteiger partial charge in [0.2, 0.25) is 0 Å². The summed E-state index contributed by atoms with van der Waals surface area (Å²) in [7, 11) is 1.67. The number of halogens is 1. The normalized spacial score (nSPS) is 12.1. The molecule has 130 valence electrons. The van der Waals surface area contributed by atoms with Crippen LogP contribution in [0.25, 0.3) is 0 Å². The fraction of sp³-hybridized carbons (Fsp3) is 0.579. The van der Waals surface area contributed by atoms with E-state index in [9.17, 15) is 0 Å². The molecule has 2 N–H and O–H groups in total. The number of hydrogen-bond acceptors (Lipinski definition) is 2. The minimum Gasteiger partial charge on any atom is -0.493 e. The molecule has 0 saturated carbocycles. The van der Waals surface area contributed by atoms with Crippen molar-refractivity contribution < 1.29 is 14.8 Å². The molecular formula is C19H31BrNO2+. The molecule has 0 saturated heterocycles. The van der Waals surface area contributed by atoms with Crippen molar-refractivity contribution in [1.82, 2.24) is 0 Å². The van der Waals surface area contributed by atoms with Crippen molar-refractivity contribution in [2.75, 3.05) is 13.7 Å². The first kappa shape index (κ1) is 20.0. The maximum Gasteiger partial charge on any atom is 0.175 e. The fourth-order valence-electron chi connectivity index (χ4n) is 3.01. The lowest BCUT2D eigenvalue weighted by Crippen LogP contribution is -2.94. The zero-order chi connectivity index (χ0) is 17.7. The van der Waals surface area contributed by atoms with Gasteiger partial charge in [-0.25, -0.2) is 0 Å². The van der Waals surface area contributed by atoms with Crippen molar-refractivity contribution in [2.24, 2.45) is 5.41 Å². The minimum absolute atomic E-state index is 0.190. The van der Waals surface area contributed by atoms with Crippen LogP contribution in [0.5, 0.6) is 11.5 Å². The summed E-state index contributed by atoms with van der Waals surface area (Å²) in [6.07, 6.45) is 2.88. The Kier molecular flexibility index (Phi) is 7.15. The Bertz CT molecular complexity index is 533. The predicted octanol–water partition coefficient (Wildman–Crippen LogP) is 4.30. The largest absolute Gasteiger partial charge is 0.493 e. The number of ether oxygens (including phenoxy) is 2. The molecule has 0 aromatic heterocycles. The maximum absolute atomic E-state index is 5.67. The van der Waals surface area contributed by atoms with Crippen LogP contribution >= 0.6 is 15.9 Å². The van der Waals surface area contributed by atoms with Gasteiger partial charge in [-0.2, -0.15) is 0 Å². The van der Waals surface area contributed by atoms with Crippen molar-refractivity contribution >= 4 is 15.9 Å². The van der Waals surface area contributed by atoms with Crippen LogP contribution in [0.2, 0.25) is 0 Å². The van der Waals surface area contributed by atoms with Gasteiger partial charge >= 0.3 is 0 Å². The molecule has 0 fully saturated rings. The van der Waals surface area contributed by atoms with E-state index in [4.69, 9.17) is 9.47 Å². The number of quaternary nitrogens is 1. The molecule has 0 aliphatic carbocycles. The molecule has 4 heteroatoms. The first-order chi connectivity index (χ1) is 10.6. The summed E-state index contributed by atoms with van der Waals surface area (Å²) >= 11 is 3.59. The van der Waals surface area contributed by atoms with Crippen LogP contribution in [0.4, 0.5) is 0 Å². The summed E-state index contributed by atoms with van der Waals surface area (Å²) in [5.74, 6) is 1.48. The van der Waals surface area contributed by atoms with Crippen molar-refractivity contribution in [1.29, 1.82) is 0 Å². The standard InChI is InChI=1S/C19H30BrNO2/c1-8-9-23-17-15(20)10-14(11-16(17)22-7)12-21-19(5,6)13-18(2,3)4/h8,10-11,21H,1,9,12-13H2,2-7H3/p+1. The van der Waals surface area contributed by atoms with Gasteiger partial charge in [0.05, 0.1) is 17.1 Å².